The van der Waals surface area contributed by atoms with Gasteiger partial charge < -0.3 is 10.2 Å². The molecular formula is C13H16BrN5. The molecule has 6 heteroatoms. The van der Waals surface area contributed by atoms with Gasteiger partial charge in [0.2, 0.25) is 5.95 Å². The molecule has 0 radical (unpaired) electrons. The van der Waals surface area contributed by atoms with Gasteiger partial charge in [-0.1, -0.05) is 28.1 Å². The van der Waals surface area contributed by atoms with E-state index in [2.05, 4.69) is 53.5 Å². The first-order valence-corrected chi connectivity index (χ1v) is 7.22. The summed E-state index contributed by atoms with van der Waals surface area (Å²) in [6, 6.07) is 8.26. The minimum atomic E-state index is 0.776. The molecule has 0 saturated carbocycles. The number of aromatic nitrogens is 3. The van der Waals surface area contributed by atoms with Gasteiger partial charge in [-0.15, -0.1) is 5.10 Å². The lowest BCUT2D eigenvalue weighted by Crippen LogP contribution is -2.44. The number of aromatic amines is 1. The Hall–Kier alpha value is -1.40. The fraction of sp³-hybridized carbons (Fsp3) is 0.385. The van der Waals surface area contributed by atoms with E-state index in [1.54, 1.807) is 0 Å². The second-order valence-corrected chi connectivity index (χ2v) is 5.54. The highest BCUT2D eigenvalue weighted by Crippen LogP contribution is 2.15. The van der Waals surface area contributed by atoms with Gasteiger partial charge in [0, 0.05) is 37.1 Å². The van der Waals surface area contributed by atoms with Gasteiger partial charge in [0.15, 0.2) is 0 Å². The topological polar surface area (TPSA) is 56.8 Å². The molecular weight excluding hydrogens is 306 g/mol. The van der Waals surface area contributed by atoms with Crippen molar-refractivity contribution in [1.29, 1.82) is 0 Å². The average molecular weight is 322 g/mol. The zero-order valence-electron chi connectivity index (χ0n) is 10.6. The van der Waals surface area contributed by atoms with Crippen molar-refractivity contribution in [1.82, 2.24) is 20.5 Å². The third-order valence-electron chi connectivity index (χ3n) is 3.18. The van der Waals surface area contributed by atoms with Crippen molar-refractivity contribution in [2.45, 2.75) is 6.42 Å². The number of rotatable bonds is 3. The molecule has 0 spiro atoms. The van der Waals surface area contributed by atoms with Crippen LogP contribution in [0.4, 0.5) is 5.95 Å². The second kappa shape index (κ2) is 5.71. The van der Waals surface area contributed by atoms with Crippen molar-refractivity contribution in [3.63, 3.8) is 0 Å². The molecule has 0 amide bonds. The summed E-state index contributed by atoms with van der Waals surface area (Å²) in [4.78, 5) is 6.78. The number of nitrogens with one attached hydrogen (secondary N) is 2. The van der Waals surface area contributed by atoms with Crippen LogP contribution in [0.2, 0.25) is 0 Å². The van der Waals surface area contributed by atoms with Crippen LogP contribution >= 0.6 is 15.9 Å². The molecule has 0 atom stereocenters. The summed E-state index contributed by atoms with van der Waals surface area (Å²) >= 11 is 3.48. The second-order valence-electron chi connectivity index (χ2n) is 4.63. The largest absolute Gasteiger partial charge is 0.337 e. The predicted molar refractivity (Wildman–Crippen MR) is 78.4 cm³/mol. The Labute approximate surface area is 120 Å². The minimum Gasteiger partial charge on any atom is -0.337 e. The molecule has 1 aliphatic rings. The van der Waals surface area contributed by atoms with E-state index in [0.29, 0.717) is 0 Å². The molecule has 0 bridgehead atoms. The molecule has 19 heavy (non-hydrogen) atoms. The van der Waals surface area contributed by atoms with Crippen LogP contribution in [0.5, 0.6) is 0 Å². The Balaban J connectivity index is 1.70. The number of hydrogen-bond donors (Lipinski definition) is 2. The van der Waals surface area contributed by atoms with E-state index in [4.69, 9.17) is 0 Å². The molecule has 1 aromatic carbocycles. The highest BCUT2D eigenvalue weighted by Gasteiger charge is 2.14. The van der Waals surface area contributed by atoms with E-state index in [1.807, 2.05) is 12.1 Å². The number of halogens is 1. The molecule has 0 unspecified atom stereocenters. The maximum Gasteiger partial charge on any atom is 0.244 e. The molecule has 1 fully saturated rings. The van der Waals surface area contributed by atoms with Gasteiger partial charge in [0.25, 0.3) is 0 Å². The third kappa shape index (κ3) is 3.13. The van der Waals surface area contributed by atoms with E-state index in [9.17, 15) is 0 Å². The Morgan fingerprint density at radius 2 is 2.11 bits per heavy atom. The SMILES string of the molecule is Brc1cccc(Cc2nc(N3CCNCC3)n[nH]2)c1. The molecule has 1 aromatic heterocycles. The maximum absolute atomic E-state index is 4.58. The number of anilines is 1. The number of nitrogens with zero attached hydrogens (tertiary/aromatic N) is 3. The first kappa shape index (κ1) is 12.6. The molecule has 100 valence electrons. The number of H-pyrrole nitrogens is 1. The van der Waals surface area contributed by atoms with Gasteiger partial charge >= 0.3 is 0 Å². The fourth-order valence-corrected chi connectivity index (χ4v) is 2.66. The van der Waals surface area contributed by atoms with E-state index in [-0.39, 0.29) is 0 Å². The third-order valence-corrected chi connectivity index (χ3v) is 3.67. The van der Waals surface area contributed by atoms with Crippen LogP contribution in [0.1, 0.15) is 11.4 Å². The molecule has 1 saturated heterocycles. The van der Waals surface area contributed by atoms with Crippen molar-refractivity contribution < 1.29 is 0 Å². The summed E-state index contributed by atoms with van der Waals surface area (Å²) in [7, 11) is 0. The Morgan fingerprint density at radius 1 is 1.26 bits per heavy atom. The lowest BCUT2D eigenvalue weighted by Gasteiger charge is -2.25. The monoisotopic (exact) mass is 321 g/mol. The van der Waals surface area contributed by atoms with Crippen LogP contribution in [0.25, 0.3) is 0 Å². The van der Waals surface area contributed by atoms with Gasteiger partial charge in [-0.3, -0.25) is 5.10 Å². The normalized spacial score (nSPS) is 15.7. The van der Waals surface area contributed by atoms with Crippen molar-refractivity contribution in [3.8, 4) is 0 Å². The zero-order valence-corrected chi connectivity index (χ0v) is 12.2. The van der Waals surface area contributed by atoms with Gasteiger partial charge in [-0.2, -0.15) is 4.98 Å². The van der Waals surface area contributed by atoms with Crippen molar-refractivity contribution in [2.24, 2.45) is 0 Å². The standard InChI is InChI=1S/C13H16BrN5/c14-11-3-1-2-10(8-11)9-12-16-13(18-17-12)19-6-4-15-5-7-19/h1-3,8,15H,4-7,9H2,(H,16,17,18). The maximum atomic E-state index is 4.58. The quantitative estimate of drug-likeness (QED) is 0.901. The van der Waals surface area contributed by atoms with Gasteiger partial charge in [-0.25, -0.2) is 0 Å². The minimum absolute atomic E-state index is 0.776. The van der Waals surface area contributed by atoms with Gasteiger partial charge in [-0.05, 0) is 17.7 Å². The zero-order chi connectivity index (χ0) is 13.1. The molecule has 3 rings (SSSR count). The molecule has 1 aliphatic heterocycles. The summed E-state index contributed by atoms with van der Waals surface area (Å²) in [5.74, 6) is 1.72. The fourth-order valence-electron chi connectivity index (χ4n) is 2.21. The molecule has 2 aromatic rings. The van der Waals surface area contributed by atoms with Crippen LogP contribution in [-0.2, 0) is 6.42 Å². The lowest BCUT2D eigenvalue weighted by molar-refractivity contribution is 0.580. The Morgan fingerprint density at radius 3 is 2.89 bits per heavy atom. The van der Waals surface area contributed by atoms with Crippen LogP contribution in [0, 0.1) is 0 Å². The number of hydrogen-bond acceptors (Lipinski definition) is 4. The van der Waals surface area contributed by atoms with E-state index in [1.165, 1.54) is 5.56 Å². The molecule has 5 nitrogen and oxygen atoms in total. The Bertz CT molecular complexity index is 547. The smallest absolute Gasteiger partial charge is 0.244 e. The Kier molecular flexibility index (Phi) is 3.79. The first-order chi connectivity index (χ1) is 9.31. The molecule has 2 N–H and O–H groups in total. The predicted octanol–water partition coefficient (Wildman–Crippen LogP) is 1.57. The first-order valence-electron chi connectivity index (χ1n) is 6.43. The summed E-state index contributed by atoms with van der Waals surface area (Å²) in [6.45, 7) is 3.92. The summed E-state index contributed by atoms with van der Waals surface area (Å²) in [5.41, 5.74) is 1.22. The average Bonchev–Trinajstić information content (AvgIpc) is 2.88. The summed E-state index contributed by atoms with van der Waals surface area (Å²) in [6.07, 6.45) is 0.776. The molecule has 0 aliphatic carbocycles. The van der Waals surface area contributed by atoms with Gasteiger partial charge in [0.05, 0.1) is 0 Å². The van der Waals surface area contributed by atoms with E-state index < -0.39 is 0 Å². The van der Waals surface area contributed by atoms with Crippen LogP contribution < -0.4 is 10.2 Å². The summed E-state index contributed by atoms with van der Waals surface area (Å²) < 4.78 is 1.09. The molecule has 2 heterocycles. The van der Waals surface area contributed by atoms with Crippen molar-refractivity contribution in [2.75, 3.05) is 31.1 Å². The van der Waals surface area contributed by atoms with E-state index in [0.717, 1.165) is 48.8 Å². The highest BCUT2D eigenvalue weighted by atomic mass is 79.9. The highest BCUT2D eigenvalue weighted by molar-refractivity contribution is 9.10. The van der Waals surface area contributed by atoms with Crippen LogP contribution in [0.15, 0.2) is 28.7 Å². The van der Waals surface area contributed by atoms with Crippen molar-refractivity contribution >= 4 is 21.9 Å². The summed E-state index contributed by atoms with van der Waals surface area (Å²) in [5, 5.41) is 10.7. The van der Waals surface area contributed by atoms with Crippen LogP contribution in [-0.4, -0.2) is 41.4 Å². The van der Waals surface area contributed by atoms with Crippen molar-refractivity contribution in [3.05, 3.63) is 40.1 Å². The number of benzene rings is 1. The van der Waals surface area contributed by atoms with E-state index >= 15 is 0 Å². The van der Waals surface area contributed by atoms with Crippen LogP contribution in [0.3, 0.4) is 0 Å². The number of piperazine rings is 1. The lowest BCUT2D eigenvalue weighted by atomic mass is 10.1. The van der Waals surface area contributed by atoms with Gasteiger partial charge in [0.1, 0.15) is 5.82 Å².